The summed E-state index contributed by atoms with van der Waals surface area (Å²) in [6.45, 7) is 0.552. The first-order valence-corrected chi connectivity index (χ1v) is 5.30. The number of anilines is 1. The molecule has 0 aliphatic rings. The number of aromatic nitrogens is 2. The van der Waals surface area contributed by atoms with Crippen molar-refractivity contribution in [3.63, 3.8) is 0 Å². The second kappa shape index (κ2) is 5.16. The summed E-state index contributed by atoms with van der Waals surface area (Å²) < 4.78 is 1.70. The number of aryl methyl sites for hydroxylation is 1. The molecule has 0 spiro atoms. The normalized spacial score (nSPS) is 10.1. The van der Waals surface area contributed by atoms with Gasteiger partial charge in [0.25, 0.3) is 0 Å². The fraction of sp³-hybridized carbons (Fsp3) is 0.167. The van der Waals surface area contributed by atoms with Gasteiger partial charge in [-0.25, -0.2) is 0 Å². The molecule has 2 aromatic rings. The smallest absolute Gasteiger partial charge is 0.226 e. The number of hydrogen-bond donors (Lipinski definition) is 2. The van der Waals surface area contributed by atoms with Gasteiger partial charge in [0.05, 0.1) is 0 Å². The minimum atomic E-state index is -0.0776. The molecule has 1 aromatic heterocycles. The molecule has 0 atom stereocenters. The molecule has 0 aliphatic carbocycles. The number of rotatable bonds is 4. The Morgan fingerprint density at radius 3 is 2.76 bits per heavy atom. The maximum atomic E-state index is 11.6. The number of benzene rings is 1. The number of carbonyl (C=O) groups is 1. The van der Waals surface area contributed by atoms with Crippen LogP contribution in [0.5, 0.6) is 5.75 Å². The van der Waals surface area contributed by atoms with Gasteiger partial charge in [-0.2, -0.15) is 5.10 Å². The first-order valence-electron chi connectivity index (χ1n) is 5.30. The lowest BCUT2D eigenvalue weighted by molar-refractivity contribution is -0.116. The molecule has 0 saturated carbocycles. The summed E-state index contributed by atoms with van der Waals surface area (Å²) in [4.78, 5) is 11.6. The zero-order chi connectivity index (χ0) is 12.1. The molecule has 0 unspecified atom stereocenters. The van der Waals surface area contributed by atoms with Crippen LogP contribution in [0.4, 0.5) is 5.69 Å². The van der Waals surface area contributed by atoms with Crippen molar-refractivity contribution in [3.8, 4) is 5.75 Å². The Balaban J connectivity index is 1.83. The lowest BCUT2D eigenvalue weighted by atomic mass is 10.3. The van der Waals surface area contributed by atoms with Crippen molar-refractivity contribution in [3.05, 3.63) is 42.7 Å². The molecule has 2 rings (SSSR count). The SMILES string of the molecule is O=C(CCn1cccn1)Nc1ccc(O)cc1. The van der Waals surface area contributed by atoms with Crippen LogP contribution in [0.1, 0.15) is 6.42 Å². The number of amides is 1. The van der Waals surface area contributed by atoms with E-state index in [9.17, 15) is 4.79 Å². The van der Waals surface area contributed by atoms with E-state index in [1.165, 1.54) is 12.1 Å². The Morgan fingerprint density at radius 1 is 1.35 bits per heavy atom. The maximum absolute atomic E-state index is 11.6. The highest BCUT2D eigenvalue weighted by Crippen LogP contribution is 2.13. The summed E-state index contributed by atoms with van der Waals surface area (Å²) in [7, 11) is 0. The number of phenolic OH excluding ortho intramolecular Hbond substituents is 1. The van der Waals surface area contributed by atoms with Gasteiger partial charge in [0.2, 0.25) is 5.91 Å². The van der Waals surface area contributed by atoms with Crippen molar-refractivity contribution in [2.75, 3.05) is 5.32 Å². The highest BCUT2D eigenvalue weighted by Gasteiger charge is 2.02. The Labute approximate surface area is 98.7 Å². The molecule has 0 saturated heterocycles. The van der Waals surface area contributed by atoms with Crippen molar-refractivity contribution in [2.24, 2.45) is 0 Å². The van der Waals surface area contributed by atoms with E-state index in [1.807, 2.05) is 12.3 Å². The molecule has 88 valence electrons. The van der Waals surface area contributed by atoms with E-state index in [0.717, 1.165) is 0 Å². The third kappa shape index (κ3) is 3.34. The quantitative estimate of drug-likeness (QED) is 0.786. The van der Waals surface area contributed by atoms with Crippen LogP contribution < -0.4 is 5.32 Å². The molecule has 1 aromatic carbocycles. The fourth-order valence-corrected chi connectivity index (χ4v) is 1.42. The molecule has 5 heteroatoms. The maximum Gasteiger partial charge on any atom is 0.226 e. The summed E-state index contributed by atoms with van der Waals surface area (Å²) in [5.74, 6) is 0.103. The van der Waals surface area contributed by atoms with Crippen molar-refractivity contribution in [1.82, 2.24) is 9.78 Å². The summed E-state index contributed by atoms with van der Waals surface area (Å²) in [6, 6.07) is 8.19. The van der Waals surface area contributed by atoms with Crippen LogP contribution >= 0.6 is 0 Å². The zero-order valence-electron chi connectivity index (χ0n) is 9.21. The third-order valence-electron chi connectivity index (χ3n) is 2.28. The first-order chi connectivity index (χ1) is 8.24. The van der Waals surface area contributed by atoms with Crippen LogP contribution in [0.2, 0.25) is 0 Å². The topological polar surface area (TPSA) is 67.2 Å². The van der Waals surface area contributed by atoms with Crippen LogP contribution in [0, 0.1) is 0 Å². The highest BCUT2D eigenvalue weighted by molar-refractivity contribution is 5.90. The van der Waals surface area contributed by atoms with Crippen LogP contribution in [-0.4, -0.2) is 20.8 Å². The Morgan fingerprint density at radius 2 is 2.12 bits per heavy atom. The molecule has 2 N–H and O–H groups in total. The summed E-state index contributed by atoms with van der Waals surface area (Å²) in [6.07, 6.45) is 3.86. The molecule has 0 radical (unpaired) electrons. The Kier molecular flexibility index (Phi) is 3.40. The predicted octanol–water partition coefficient (Wildman–Crippen LogP) is 1.62. The molecule has 1 heterocycles. The van der Waals surface area contributed by atoms with Gasteiger partial charge in [0.15, 0.2) is 0 Å². The average molecular weight is 231 g/mol. The molecule has 0 fully saturated rings. The largest absolute Gasteiger partial charge is 0.508 e. The van der Waals surface area contributed by atoms with Gasteiger partial charge in [-0.05, 0) is 30.3 Å². The van der Waals surface area contributed by atoms with Gasteiger partial charge in [-0.15, -0.1) is 0 Å². The van der Waals surface area contributed by atoms with E-state index >= 15 is 0 Å². The van der Waals surface area contributed by atoms with E-state index in [0.29, 0.717) is 18.7 Å². The van der Waals surface area contributed by atoms with E-state index < -0.39 is 0 Å². The molecular weight excluding hydrogens is 218 g/mol. The highest BCUT2D eigenvalue weighted by atomic mass is 16.3. The number of nitrogens with one attached hydrogen (secondary N) is 1. The lowest BCUT2D eigenvalue weighted by Crippen LogP contribution is -2.14. The molecule has 0 aliphatic heterocycles. The van der Waals surface area contributed by atoms with Gasteiger partial charge >= 0.3 is 0 Å². The molecule has 1 amide bonds. The van der Waals surface area contributed by atoms with E-state index in [-0.39, 0.29) is 11.7 Å². The van der Waals surface area contributed by atoms with Crippen LogP contribution in [0.25, 0.3) is 0 Å². The molecule has 5 nitrogen and oxygen atoms in total. The van der Waals surface area contributed by atoms with Gasteiger partial charge in [-0.1, -0.05) is 0 Å². The second-order valence-electron chi connectivity index (χ2n) is 3.61. The fourth-order valence-electron chi connectivity index (χ4n) is 1.42. The lowest BCUT2D eigenvalue weighted by Gasteiger charge is -2.05. The number of hydrogen-bond acceptors (Lipinski definition) is 3. The monoisotopic (exact) mass is 231 g/mol. The van der Waals surface area contributed by atoms with Gasteiger partial charge in [0, 0.05) is 31.0 Å². The average Bonchev–Trinajstić information content (AvgIpc) is 2.83. The van der Waals surface area contributed by atoms with Crippen LogP contribution in [-0.2, 0) is 11.3 Å². The van der Waals surface area contributed by atoms with E-state index in [4.69, 9.17) is 5.11 Å². The first kappa shape index (κ1) is 11.2. The van der Waals surface area contributed by atoms with Crippen molar-refractivity contribution in [1.29, 1.82) is 0 Å². The number of aromatic hydroxyl groups is 1. The van der Waals surface area contributed by atoms with Gasteiger partial charge in [0.1, 0.15) is 5.75 Å². The number of phenols is 1. The summed E-state index contributed by atoms with van der Waals surface area (Å²) in [5.41, 5.74) is 0.674. The minimum absolute atomic E-state index is 0.0776. The van der Waals surface area contributed by atoms with Crippen molar-refractivity contribution in [2.45, 2.75) is 13.0 Å². The molecule has 0 bridgehead atoms. The summed E-state index contributed by atoms with van der Waals surface area (Å²) in [5, 5.41) is 15.8. The standard InChI is InChI=1S/C12H13N3O2/c16-11-4-2-10(3-5-11)14-12(17)6-9-15-8-1-7-13-15/h1-5,7-8,16H,6,9H2,(H,14,17). The zero-order valence-corrected chi connectivity index (χ0v) is 9.21. The number of carbonyl (C=O) groups excluding carboxylic acids is 1. The van der Waals surface area contributed by atoms with Crippen LogP contribution in [0.15, 0.2) is 42.7 Å². The molecular formula is C12H13N3O2. The summed E-state index contributed by atoms with van der Waals surface area (Å²) >= 11 is 0. The Hall–Kier alpha value is -2.30. The Bertz CT molecular complexity index is 477. The minimum Gasteiger partial charge on any atom is -0.508 e. The van der Waals surface area contributed by atoms with E-state index in [1.54, 1.807) is 23.0 Å². The second-order valence-corrected chi connectivity index (χ2v) is 3.61. The van der Waals surface area contributed by atoms with Crippen molar-refractivity contribution < 1.29 is 9.90 Å². The van der Waals surface area contributed by atoms with Gasteiger partial charge in [-0.3, -0.25) is 9.48 Å². The molecule has 17 heavy (non-hydrogen) atoms. The van der Waals surface area contributed by atoms with Gasteiger partial charge < -0.3 is 10.4 Å². The number of nitrogens with zero attached hydrogens (tertiary/aromatic N) is 2. The van der Waals surface area contributed by atoms with E-state index in [2.05, 4.69) is 10.4 Å². The predicted molar refractivity (Wildman–Crippen MR) is 63.6 cm³/mol. The third-order valence-corrected chi connectivity index (χ3v) is 2.28. The van der Waals surface area contributed by atoms with Crippen LogP contribution in [0.3, 0.4) is 0 Å². The van der Waals surface area contributed by atoms with Crippen molar-refractivity contribution >= 4 is 11.6 Å².